The second-order valence-corrected chi connectivity index (χ2v) is 8.65. The average Bonchev–Trinajstić information content (AvgIpc) is 3.52. The van der Waals surface area contributed by atoms with Crippen molar-refractivity contribution in [2.75, 3.05) is 20.2 Å². The van der Waals surface area contributed by atoms with Crippen LogP contribution in [-0.2, 0) is 17.8 Å². The largest absolute Gasteiger partial charge is 0.496 e. The molecule has 2 aromatic carbocycles. The Balaban J connectivity index is 1.43. The molecule has 1 heterocycles. The molecule has 2 aliphatic rings. The molecule has 1 saturated carbocycles. The highest BCUT2D eigenvalue weighted by molar-refractivity contribution is 7.77. The summed E-state index contributed by atoms with van der Waals surface area (Å²) in [4.78, 5) is 0. The van der Waals surface area contributed by atoms with Crippen molar-refractivity contribution >= 4 is 11.3 Å². The van der Waals surface area contributed by atoms with Crippen molar-refractivity contribution in [2.24, 2.45) is 0 Å². The van der Waals surface area contributed by atoms with Crippen molar-refractivity contribution in [3.63, 3.8) is 0 Å². The summed E-state index contributed by atoms with van der Waals surface area (Å²) < 4.78 is 27.9. The Bertz CT molecular complexity index is 853. The summed E-state index contributed by atoms with van der Waals surface area (Å²) in [6.07, 6.45) is 3.65. The molecule has 1 aliphatic carbocycles. The lowest BCUT2D eigenvalue weighted by atomic mass is 9.99. The molecule has 0 amide bonds. The zero-order chi connectivity index (χ0) is 20.2. The second kappa shape index (κ2) is 9.36. The predicted octanol–water partition coefficient (Wildman–Crippen LogP) is 2.79. The Kier molecular flexibility index (Phi) is 6.62. The van der Waals surface area contributed by atoms with E-state index < -0.39 is 11.3 Å². The van der Waals surface area contributed by atoms with Gasteiger partial charge in [0.25, 0.3) is 0 Å². The van der Waals surface area contributed by atoms with E-state index in [9.17, 15) is 4.21 Å². The van der Waals surface area contributed by atoms with E-state index in [1.807, 2.05) is 18.2 Å². The van der Waals surface area contributed by atoms with Gasteiger partial charge >= 0.3 is 0 Å². The van der Waals surface area contributed by atoms with Gasteiger partial charge in [-0.1, -0.05) is 30.3 Å². The van der Waals surface area contributed by atoms with Gasteiger partial charge in [0.05, 0.1) is 7.11 Å². The lowest BCUT2D eigenvalue weighted by Gasteiger charge is -2.24. The van der Waals surface area contributed by atoms with Crippen molar-refractivity contribution in [1.29, 1.82) is 0 Å². The fraction of sp³-hybridized carbons (Fsp3) is 0.455. The molecule has 29 heavy (non-hydrogen) atoms. The monoisotopic (exact) mass is 415 g/mol. The second-order valence-electron chi connectivity index (χ2n) is 7.87. The SMILES string of the molecule is COc1ccc(CNS(=O)O)cc1-c1ccc([C@@H]2C[C@H]2NC2CCNCC2)cc1. The van der Waals surface area contributed by atoms with Gasteiger partial charge in [-0.05, 0) is 61.2 Å². The number of hydrogen-bond acceptors (Lipinski definition) is 4. The zero-order valence-electron chi connectivity index (χ0n) is 16.7. The molecule has 4 N–H and O–H groups in total. The first-order chi connectivity index (χ1) is 14.1. The molecule has 3 atom stereocenters. The van der Waals surface area contributed by atoms with Crippen LogP contribution in [0.4, 0.5) is 0 Å². The van der Waals surface area contributed by atoms with Crippen LogP contribution in [-0.4, -0.2) is 41.0 Å². The van der Waals surface area contributed by atoms with Crippen molar-refractivity contribution in [3.8, 4) is 16.9 Å². The number of nitrogens with one attached hydrogen (secondary N) is 3. The predicted molar refractivity (Wildman–Crippen MR) is 116 cm³/mol. The van der Waals surface area contributed by atoms with E-state index >= 15 is 0 Å². The summed E-state index contributed by atoms with van der Waals surface area (Å²) in [6.45, 7) is 2.56. The molecule has 1 aliphatic heterocycles. The topological polar surface area (TPSA) is 82.6 Å². The maximum Gasteiger partial charge on any atom is 0.232 e. The van der Waals surface area contributed by atoms with Crippen LogP contribution >= 0.6 is 0 Å². The van der Waals surface area contributed by atoms with Crippen LogP contribution in [0.2, 0.25) is 0 Å². The van der Waals surface area contributed by atoms with Gasteiger partial charge in [0.15, 0.2) is 0 Å². The van der Waals surface area contributed by atoms with Crippen molar-refractivity contribution in [1.82, 2.24) is 15.4 Å². The number of benzene rings is 2. The molecule has 7 heteroatoms. The maximum atomic E-state index is 10.9. The first kappa shape index (κ1) is 20.5. The Labute approximate surface area is 174 Å². The summed E-state index contributed by atoms with van der Waals surface area (Å²) in [7, 11) is 1.66. The highest BCUT2D eigenvalue weighted by Gasteiger charge is 2.39. The van der Waals surface area contributed by atoms with E-state index in [2.05, 4.69) is 39.6 Å². The van der Waals surface area contributed by atoms with Gasteiger partial charge in [-0.25, -0.2) is 8.93 Å². The molecule has 156 valence electrons. The fourth-order valence-corrected chi connectivity index (χ4v) is 4.47. The molecule has 2 aromatic rings. The maximum absolute atomic E-state index is 10.9. The lowest BCUT2D eigenvalue weighted by molar-refractivity contribution is 0.383. The van der Waals surface area contributed by atoms with Gasteiger partial charge in [0.2, 0.25) is 11.3 Å². The third-order valence-corrected chi connectivity index (χ3v) is 6.28. The normalized spacial score (nSPS) is 23.0. The Hall–Kier alpha value is -1.77. The van der Waals surface area contributed by atoms with Gasteiger partial charge in [0, 0.05) is 30.1 Å². The Morgan fingerprint density at radius 2 is 1.93 bits per heavy atom. The smallest absolute Gasteiger partial charge is 0.232 e. The molecule has 0 bridgehead atoms. The Morgan fingerprint density at radius 3 is 2.62 bits per heavy atom. The quantitative estimate of drug-likeness (QED) is 0.499. The minimum absolute atomic E-state index is 0.324. The van der Waals surface area contributed by atoms with Gasteiger partial charge in [0.1, 0.15) is 5.75 Å². The van der Waals surface area contributed by atoms with Crippen molar-refractivity contribution < 1.29 is 13.5 Å². The summed E-state index contributed by atoms with van der Waals surface area (Å²) in [5.41, 5.74) is 4.39. The number of methoxy groups -OCH3 is 1. The molecule has 2 fully saturated rings. The van der Waals surface area contributed by atoms with E-state index in [1.165, 1.54) is 24.8 Å². The number of piperidine rings is 1. The van der Waals surface area contributed by atoms with Crippen LogP contribution in [0.25, 0.3) is 11.1 Å². The summed E-state index contributed by atoms with van der Waals surface area (Å²) in [5, 5.41) is 7.24. The molecule has 0 spiro atoms. The van der Waals surface area contributed by atoms with Crippen LogP contribution in [0.5, 0.6) is 5.75 Å². The lowest BCUT2D eigenvalue weighted by Crippen LogP contribution is -2.41. The van der Waals surface area contributed by atoms with Gasteiger partial charge in [-0.3, -0.25) is 4.55 Å². The van der Waals surface area contributed by atoms with E-state index in [-0.39, 0.29) is 0 Å². The minimum Gasteiger partial charge on any atom is -0.496 e. The average molecular weight is 416 g/mol. The first-order valence-electron chi connectivity index (χ1n) is 10.2. The summed E-state index contributed by atoms with van der Waals surface area (Å²) in [6, 6.07) is 15.8. The molecule has 0 aromatic heterocycles. The van der Waals surface area contributed by atoms with Crippen molar-refractivity contribution in [3.05, 3.63) is 53.6 Å². The van der Waals surface area contributed by atoms with Crippen LogP contribution in [0.3, 0.4) is 0 Å². The highest BCUT2D eigenvalue weighted by atomic mass is 32.2. The zero-order valence-corrected chi connectivity index (χ0v) is 17.5. The van der Waals surface area contributed by atoms with Gasteiger partial charge in [-0.15, -0.1) is 0 Å². The number of ether oxygens (including phenoxy) is 1. The molecular formula is C22H29N3O3S. The van der Waals surface area contributed by atoms with E-state index in [1.54, 1.807) is 7.11 Å². The van der Waals surface area contributed by atoms with Gasteiger partial charge in [-0.2, -0.15) is 0 Å². The van der Waals surface area contributed by atoms with E-state index in [0.717, 1.165) is 35.5 Å². The summed E-state index contributed by atoms with van der Waals surface area (Å²) >= 11 is -2.02. The first-order valence-corrected chi connectivity index (χ1v) is 11.3. The van der Waals surface area contributed by atoms with Crippen LogP contribution in [0.1, 0.15) is 36.3 Å². The van der Waals surface area contributed by atoms with E-state index in [0.29, 0.717) is 24.5 Å². The highest BCUT2D eigenvalue weighted by Crippen LogP contribution is 2.42. The van der Waals surface area contributed by atoms with Crippen LogP contribution < -0.4 is 20.1 Å². The van der Waals surface area contributed by atoms with Crippen molar-refractivity contribution in [2.45, 2.75) is 43.8 Å². The third-order valence-electron chi connectivity index (χ3n) is 5.89. The molecule has 0 radical (unpaired) electrons. The van der Waals surface area contributed by atoms with Gasteiger partial charge < -0.3 is 15.4 Å². The van der Waals surface area contributed by atoms with Crippen LogP contribution in [0.15, 0.2) is 42.5 Å². The Morgan fingerprint density at radius 1 is 1.17 bits per heavy atom. The molecular weight excluding hydrogens is 386 g/mol. The van der Waals surface area contributed by atoms with Crippen LogP contribution in [0, 0.1) is 0 Å². The number of rotatable bonds is 8. The van der Waals surface area contributed by atoms with E-state index in [4.69, 9.17) is 9.29 Å². The standard InChI is InChI=1S/C22H29N3O3S/c1-28-22-7-2-15(14-24-29(26)27)12-20(22)17-5-3-16(4-6-17)19-13-21(19)25-18-8-10-23-11-9-18/h2-7,12,18-19,21,23-25H,8-11,13-14H2,1H3,(H,26,27)/t19-,21+/m0/s1. The third kappa shape index (κ3) is 5.24. The fourth-order valence-electron chi connectivity index (χ4n) is 4.18. The minimum atomic E-state index is -2.02. The molecule has 6 nitrogen and oxygen atoms in total. The molecule has 1 unspecified atom stereocenters. The number of hydrogen-bond donors (Lipinski definition) is 4. The molecule has 4 rings (SSSR count). The molecule has 1 saturated heterocycles. The summed E-state index contributed by atoms with van der Waals surface area (Å²) in [5.74, 6) is 1.40.